The van der Waals surface area contributed by atoms with Crippen molar-refractivity contribution >= 4 is 0 Å². The lowest BCUT2D eigenvalue weighted by atomic mass is 10.2. The van der Waals surface area contributed by atoms with Crippen molar-refractivity contribution in [2.24, 2.45) is 0 Å². The first kappa shape index (κ1) is 15.2. The molecule has 0 bridgehead atoms. The Morgan fingerprint density at radius 2 is 1.19 bits per heavy atom. The molecular formula is C16H28. The van der Waals surface area contributed by atoms with E-state index in [4.69, 9.17) is 0 Å². The molecule has 0 saturated heterocycles. The van der Waals surface area contributed by atoms with Crippen molar-refractivity contribution in [2.75, 3.05) is 0 Å². The van der Waals surface area contributed by atoms with Gasteiger partial charge in [0.2, 0.25) is 0 Å². The molecule has 0 aliphatic carbocycles. The average molecular weight is 220 g/mol. The molecular weight excluding hydrogens is 192 g/mol. The molecule has 0 heterocycles. The minimum absolute atomic E-state index is 1.17. The van der Waals surface area contributed by atoms with Gasteiger partial charge in [-0.2, -0.15) is 0 Å². The number of unbranched alkanes of at least 4 members (excludes halogenated alkanes) is 5. The van der Waals surface area contributed by atoms with E-state index < -0.39 is 0 Å². The highest BCUT2D eigenvalue weighted by atomic mass is 13.9. The molecule has 92 valence electrons. The molecule has 0 unspecified atom stereocenters. The van der Waals surface area contributed by atoms with Crippen LogP contribution in [0.4, 0.5) is 0 Å². The van der Waals surface area contributed by atoms with Crippen LogP contribution >= 0.6 is 0 Å². The summed E-state index contributed by atoms with van der Waals surface area (Å²) in [5.41, 5.74) is 0. The Labute approximate surface area is 102 Å². The quantitative estimate of drug-likeness (QED) is 0.247. The third kappa shape index (κ3) is 13.2. The van der Waals surface area contributed by atoms with Crippen LogP contribution in [-0.4, -0.2) is 0 Å². The summed E-state index contributed by atoms with van der Waals surface area (Å²) in [5.74, 6) is 0. The molecule has 16 heavy (non-hydrogen) atoms. The second-order valence-electron chi connectivity index (χ2n) is 4.19. The number of allylic oxidation sites excluding steroid dienone is 6. The number of hydrogen-bond acceptors (Lipinski definition) is 0. The molecule has 0 aliphatic heterocycles. The molecule has 0 aromatic rings. The Morgan fingerprint density at radius 3 is 1.88 bits per heavy atom. The highest BCUT2D eigenvalue weighted by Crippen LogP contribution is 2.01. The van der Waals surface area contributed by atoms with E-state index in [0.717, 1.165) is 0 Å². The monoisotopic (exact) mass is 220 g/mol. The highest BCUT2D eigenvalue weighted by Gasteiger charge is 1.81. The molecule has 0 aromatic heterocycles. The van der Waals surface area contributed by atoms with E-state index in [1.807, 2.05) is 0 Å². The van der Waals surface area contributed by atoms with Crippen LogP contribution in [0.5, 0.6) is 0 Å². The van der Waals surface area contributed by atoms with Gasteiger partial charge < -0.3 is 0 Å². The van der Waals surface area contributed by atoms with Crippen LogP contribution in [0.1, 0.15) is 65.2 Å². The molecule has 0 aliphatic rings. The highest BCUT2D eigenvalue weighted by molar-refractivity contribution is 5.02. The maximum absolute atomic E-state index is 2.33. The van der Waals surface area contributed by atoms with E-state index in [-0.39, 0.29) is 0 Å². The van der Waals surface area contributed by atoms with Gasteiger partial charge in [0.05, 0.1) is 0 Å². The van der Waals surface area contributed by atoms with E-state index in [0.29, 0.717) is 0 Å². The van der Waals surface area contributed by atoms with Gasteiger partial charge in [0.1, 0.15) is 0 Å². The smallest absolute Gasteiger partial charge is 0.0313 e. The lowest BCUT2D eigenvalue weighted by Crippen LogP contribution is -1.71. The van der Waals surface area contributed by atoms with Crippen LogP contribution in [0.25, 0.3) is 0 Å². The van der Waals surface area contributed by atoms with Gasteiger partial charge in [0, 0.05) is 0 Å². The average Bonchev–Trinajstić information content (AvgIpc) is 2.31. The third-order valence-corrected chi connectivity index (χ3v) is 2.48. The Balaban J connectivity index is 3.25. The van der Waals surface area contributed by atoms with Crippen molar-refractivity contribution in [3.8, 4) is 0 Å². The fraction of sp³-hybridized carbons (Fsp3) is 0.625. The third-order valence-electron chi connectivity index (χ3n) is 2.48. The zero-order valence-electron chi connectivity index (χ0n) is 11.1. The van der Waals surface area contributed by atoms with Crippen LogP contribution in [0.3, 0.4) is 0 Å². The van der Waals surface area contributed by atoms with Crippen LogP contribution in [-0.2, 0) is 0 Å². The molecule has 0 radical (unpaired) electrons. The van der Waals surface area contributed by atoms with Gasteiger partial charge in [-0.15, -0.1) is 0 Å². The zero-order chi connectivity index (χ0) is 11.9. The van der Waals surface area contributed by atoms with Crippen molar-refractivity contribution in [1.29, 1.82) is 0 Å². The molecule has 0 fully saturated rings. The largest absolute Gasteiger partial charge is 0.0885 e. The van der Waals surface area contributed by atoms with Crippen molar-refractivity contribution in [3.05, 3.63) is 36.5 Å². The van der Waals surface area contributed by atoms with Gasteiger partial charge in [-0.25, -0.2) is 0 Å². The first-order valence-corrected chi connectivity index (χ1v) is 6.88. The Bertz CT molecular complexity index is 196. The summed E-state index contributed by atoms with van der Waals surface area (Å²) in [6.07, 6.45) is 23.5. The first-order chi connectivity index (χ1) is 7.91. The zero-order valence-corrected chi connectivity index (χ0v) is 11.1. The second-order valence-corrected chi connectivity index (χ2v) is 4.19. The summed E-state index contributed by atoms with van der Waals surface area (Å²) >= 11 is 0. The minimum Gasteiger partial charge on any atom is -0.0885 e. The normalized spacial score (nSPS) is 12.4. The molecule has 0 N–H and O–H groups in total. The summed E-state index contributed by atoms with van der Waals surface area (Å²) in [7, 11) is 0. The Hall–Kier alpha value is -0.780. The number of rotatable bonds is 10. The summed E-state index contributed by atoms with van der Waals surface area (Å²) in [6.45, 7) is 4.46. The summed E-state index contributed by atoms with van der Waals surface area (Å²) in [4.78, 5) is 0. The molecule has 0 aromatic carbocycles. The van der Waals surface area contributed by atoms with Gasteiger partial charge in [-0.3, -0.25) is 0 Å². The maximum atomic E-state index is 2.33. The van der Waals surface area contributed by atoms with Gasteiger partial charge in [0.25, 0.3) is 0 Å². The molecule has 0 saturated carbocycles. The van der Waals surface area contributed by atoms with Gasteiger partial charge in [0.15, 0.2) is 0 Å². The van der Waals surface area contributed by atoms with Crippen LogP contribution in [0, 0.1) is 0 Å². The molecule has 0 amide bonds. The predicted octanol–water partition coefficient (Wildman–Crippen LogP) is 5.82. The van der Waals surface area contributed by atoms with Gasteiger partial charge in [-0.05, 0) is 32.1 Å². The van der Waals surface area contributed by atoms with E-state index in [1.165, 1.54) is 51.4 Å². The Morgan fingerprint density at radius 1 is 0.562 bits per heavy atom. The minimum atomic E-state index is 1.17. The molecule has 0 rings (SSSR count). The Kier molecular flexibility index (Phi) is 13.5. The number of hydrogen-bond donors (Lipinski definition) is 0. The summed E-state index contributed by atoms with van der Waals surface area (Å²) in [5, 5.41) is 0. The molecule has 0 spiro atoms. The standard InChI is InChI=1S/C16H28/c1-3-5-7-9-11-13-15-16-14-12-10-8-6-4-2/h7,9,11-14H,3-6,8,10,15-16H2,1-2H3/b9-7+,13-11-,14-12-. The van der Waals surface area contributed by atoms with E-state index in [2.05, 4.69) is 50.3 Å². The van der Waals surface area contributed by atoms with Crippen molar-refractivity contribution in [3.63, 3.8) is 0 Å². The lowest BCUT2D eigenvalue weighted by Gasteiger charge is -1.91. The SMILES string of the molecule is CCC/C=C/C=C\CC/C=C\CCCCC. The van der Waals surface area contributed by atoms with E-state index in [1.54, 1.807) is 0 Å². The topological polar surface area (TPSA) is 0 Å². The fourth-order valence-corrected chi connectivity index (χ4v) is 1.46. The lowest BCUT2D eigenvalue weighted by molar-refractivity contribution is 0.728. The van der Waals surface area contributed by atoms with Crippen molar-refractivity contribution in [1.82, 2.24) is 0 Å². The summed E-state index contributed by atoms with van der Waals surface area (Å²) < 4.78 is 0. The van der Waals surface area contributed by atoms with Gasteiger partial charge >= 0.3 is 0 Å². The van der Waals surface area contributed by atoms with Crippen LogP contribution in [0.15, 0.2) is 36.5 Å². The molecule has 0 nitrogen and oxygen atoms in total. The molecule has 0 atom stereocenters. The molecule has 0 heteroatoms. The second kappa shape index (κ2) is 14.2. The fourth-order valence-electron chi connectivity index (χ4n) is 1.46. The van der Waals surface area contributed by atoms with Crippen molar-refractivity contribution < 1.29 is 0 Å². The van der Waals surface area contributed by atoms with Crippen LogP contribution < -0.4 is 0 Å². The summed E-state index contributed by atoms with van der Waals surface area (Å²) in [6, 6.07) is 0. The maximum Gasteiger partial charge on any atom is -0.0313 e. The first-order valence-electron chi connectivity index (χ1n) is 6.88. The van der Waals surface area contributed by atoms with E-state index in [9.17, 15) is 0 Å². The van der Waals surface area contributed by atoms with Gasteiger partial charge in [-0.1, -0.05) is 69.6 Å². The van der Waals surface area contributed by atoms with Crippen molar-refractivity contribution in [2.45, 2.75) is 65.2 Å². The van der Waals surface area contributed by atoms with Crippen LogP contribution in [0.2, 0.25) is 0 Å². The van der Waals surface area contributed by atoms with E-state index >= 15 is 0 Å². The predicted molar refractivity (Wildman–Crippen MR) is 75.7 cm³/mol.